The summed E-state index contributed by atoms with van der Waals surface area (Å²) >= 11 is 0. The first-order valence-electron chi connectivity index (χ1n) is 10.9. The summed E-state index contributed by atoms with van der Waals surface area (Å²) in [6.07, 6.45) is 5.26. The zero-order valence-corrected chi connectivity index (χ0v) is 17.5. The first kappa shape index (κ1) is 20.1. The first-order chi connectivity index (χ1) is 15.0. The van der Waals surface area contributed by atoms with Crippen molar-refractivity contribution in [1.29, 1.82) is 0 Å². The summed E-state index contributed by atoms with van der Waals surface area (Å²) in [6, 6.07) is 4.48. The summed E-state index contributed by atoms with van der Waals surface area (Å²) in [5.41, 5.74) is 3.52. The minimum atomic E-state index is -0.429. The van der Waals surface area contributed by atoms with Gasteiger partial charge in [-0.3, -0.25) is 9.79 Å². The van der Waals surface area contributed by atoms with Crippen LogP contribution in [-0.4, -0.2) is 50.3 Å². The molecule has 1 saturated heterocycles. The number of aromatic nitrogens is 2. The molecule has 3 heterocycles. The van der Waals surface area contributed by atoms with Crippen molar-refractivity contribution in [1.82, 2.24) is 14.9 Å². The third kappa shape index (κ3) is 3.59. The number of aliphatic hydroxyl groups excluding tert-OH is 1. The molecule has 2 N–H and O–H groups in total. The molecule has 3 atom stereocenters. The normalized spacial score (nSPS) is 24.9. The molecule has 3 aliphatic rings. The van der Waals surface area contributed by atoms with Crippen molar-refractivity contribution in [3.8, 4) is 0 Å². The lowest BCUT2D eigenvalue weighted by Crippen LogP contribution is -2.37. The molecule has 1 saturated carbocycles. The maximum atomic E-state index is 13.9. The summed E-state index contributed by atoms with van der Waals surface area (Å²) < 4.78 is 13.9. The molecule has 31 heavy (non-hydrogen) atoms. The summed E-state index contributed by atoms with van der Waals surface area (Å²) in [5.74, 6) is 0.0893. The fraction of sp³-hybridized carbons (Fsp3) is 0.478. The number of aryl methyl sites for hydroxylation is 1. The highest BCUT2D eigenvalue weighted by Gasteiger charge is 2.37. The Morgan fingerprint density at radius 2 is 2.10 bits per heavy atom. The minimum absolute atomic E-state index is 0.0922. The number of aliphatic imine (C=N–C) groups is 1. The van der Waals surface area contributed by atoms with E-state index in [2.05, 4.69) is 20.3 Å². The number of hydrogen-bond donors (Lipinski definition) is 2. The maximum Gasteiger partial charge on any atom is 0.273 e. The summed E-state index contributed by atoms with van der Waals surface area (Å²) in [5, 5.41) is 13.5. The van der Waals surface area contributed by atoms with E-state index in [-0.39, 0.29) is 23.8 Å². The van der Waals surface area contributed by atoms with Crippen LogP contribution >= 0.6 is 0 Å². The van der Waals surface area contributed by atoms with Gasteiger partial charge in [0.25, 0.3) is 5.91 Å². The van der Waals surface area contributed by atoms with Gasteiger partial charge >= 0.3 is 0 Å². The smallest absolute Gasteiger partial charge is 0.273 e. The number of anilines is 1. The number of halogens is 1. The Morgan fingerprint density at radius 3 is 2.90 bits per heavy atom. The minimum Gasteiger partial charge on any atom is -0.391 e. The van der Waals surface area contributed by atoms with E-state index in [1.54, 1.807) is 11.0 Å². The van der Waals surface area contributed by atoms with E-state index < -0.39 is 6.10 Å². The number of carbonyl (C=O) groups excluding carboxylic acids is 1. The Morgan fingerprint density at radius 1 is 1.23 bits per heavy atom. The molecule has 0 bridgehead atoms. The lowest BCUT2D eigenvalue weighted by molar-refractivity contribution is -0.124. The number of nitrogens with zero attached hydrogens (tertiary/aromatic N) is 4. The van der Waals surface area contributed by atoms with Crippen molar-refractivity contribution in [2.24, 2.45) is 4.99 Å². The number of benzene rings is 1. The Bertz CT molecular complexity index is 1060. The number of hydrogen-bond acceptors (Lipinski definition) is 6. The number of carbonyl (C=O) groups is 1. The van der Waals surface area contributed by atoms with Gasteiger partial charge in [0.05, 0.1) is 36.0 Å². The number of rotatable bonds is 4. The van der Waals surface area contributed by atoms with Gasteiger partial charge in [0.2, 0.25) is 0 Å². The molecule has 2 aromatic rings. The molecule has 8 heteroatoms. The molecular formula is C23H26FN5O2. The number of nitrogens with one attached hydrogen (secondary N) is 1. The van der Waals surface area contributed by atoms with Crippen molar-refractivity contribution in [3.63, 3.8) is 0 Å². The lowest BCUT2D eigenvalue weighted by Gasteiger charge is -2.27. The van der Waals surface area contributed by atoms with Crippen LogP contribution < -0.4 is 5.32 Å². The van der Waals surface area contributed by atoms with Gasteiger partial charge in [-0.05, 0) is 62.3 Å². The molecule has 0 radical (unpaired) electrons. The van der Waals surface area contributed by atoms with Gasteiger partial charge in [-0.15, -0.1) is 0 Å². The van der Waals surface area contributed by atoms with Crippen LogP contribution in [0.5, 0.6) is 0 Å². The molecule has 2 fully saturated rings. The van der Waals surface area contributed by atoms with Crippen molar-refractivity contribution < 1.29 is 14.3 Å². The zero-order chi connectivity index (χ0) is 21.5. The molecule has 0 spiro atoms. The predicted octanol–water partition coefficient (Wildman–Crippen LogP) is 2.92. The monoisotopic (exact) mass is 423 g/mol. The first-order valence-corrected chi connectivity index (χ1v) is 10.9. The number of amides is 1. The highest BCUT2D eigenvalue weighted by Crippen LogP contribution is 2.36. The van der Waals surface area contributed by atoms with E-state index in [0.717, 1.165) is 43.2 Å². The van der Waals surface area contributed by atoms with E-state index in [9.17, 15) is 14.3 Å². The maximum absolute atomic E-state index is 13.9. The fourth-order valence-corrected chi connectivity index (χ4v) is 5.03. The number of aliphatic hydroxyl groups is 1. The number of fused-ring (bicyclic) bond motifs is 1. The molecule has 7 nitrogen and oxygen atoms in total. The van der Waals surface area contributed by atoms with E-state index in [1.165, 1.54) is 18.5 Å². The summed E-state index contributed by atoms with van der Waals surface area (Å²) in [4.78, 5) is 28.6. The van der Waals surface area contributed by atoms with Crippen LogP contribution in [0, 0.1) is 12.7 Å². The van der Waals surface area contributed by atoms with Crippen LogP contribution in [0.15, 0.2) is 29.5 Å². The molecule has 0 unspecified atom stereocenters. The number of likely N-dealkylation sites (tertiary alicyclic amines) is 1. The van der Waals surface area contributed by atoms with E-state index >= 15 is 0 Å². The fourth-order valence-electron chi connectivity index (χ4n) is 5.03. The summed E-state index contributed by atoms with van der Waals surface area (Å²) in [7, 11) is 0. The van der Waals surface area contributed by atoms with Gasteiger partial charge in [-0.25, -0.2) is 14.4 Å². The van der Waals surface area contributed by atoms with Crippen LogP contribution in [0.1, 0.15) is 60.5 Å². The van der Waals surface area contributed by atoms with Crippen LogP contribution in [0.4, 0.5) is 10.2 Å². The van der Waals surface area contributed by atoms with E-state index in [4.69, 9.17) is 0 Å². The van der Waals surface area contributed by atoms with Gasteiger partial charge in [0.15, 0.2) is 0 Å². The highest BCUT2D eigenvalue weighted by atomic mass is 19.1. The third-order valence-electron chi connectivity index (χ3n) is 6.67. The van der Waals surface area contributed by atoms with Crippen molar-refractivity contribution in [2.45, 2.75) is 63.8 Å². The predicted molar refractivity (Wildman–Crippen MR) is 114 cm³/mol. The molecule has 2 aliphatic heterocycles. The second kappa shape index (κ2) is 8.00. The molecular weight excluding hydrogens is 397 g/mol. The summed E-state index contributed by atoms with van der Waals surface area (Å²) in [6.45, 7) is 2.88. The zero-order valence-electron chi connectivity index (χ0n) is 17.5. The average Bonchev–Trinajstić information content (AvgIpc) is 3.50. The van der Waals surface area contributed by atoms with Crippen molar-refractivity contribution in [2.75, 3.05) is 11.9 Å². The molecule has 162 valence electrons. The quantitative estimate of drug-likeness (QED) is 0.789. The molecule has 5 rings (SSSR count). The van der Waals surface area contributed by atoms with E-state index in [1.807, 2.05) is 6.92 Å². The average molecular weight is 423 g/mol. The second-order valence-electron chi connectivity index (χ2n) is 8.62. The van der Waals surface area contributed by atoms with Crippen LogP contribution in [-0.2, 0) is 11.3 Å². The molecule has 1 aromatic heterocycles. The lowest BCUT2D eigenvalue weighted by atomic mass is 9.98. The Kier molecular flexibility index (Phi) is 5.17. The molecule has 1 aromatic carbocycles. The van der Waals surface area contributed by atoms with Crippen molar-refractivity contribution in [3.05, 3.63) is 52.7 Å². The van der Waals surface area contributed by atoms with Crippen LogP contribution in [0.3, 0.4) is 0 Å². The van der Waals surface area contributed by atoms with Crippen LogP contribution in [0.25, 0.3) is 0 Å². The molecule has 1 aliphatic carbocycles. The van der Waals surface area contributed by atoms with E-state index in [0.29, 0.717) is 35.9 Å². The van der Waals surface area contributed by atoms with Gasteiger partial charge in [-0.2, -0.15) is 0 Å². The Labute approximate surface area is 180 Å². The third-order valence-corrected chi connectivity index (χ3v) is 6.67. The Balaban J connectivity index is 1.45. The van der Waals surface area contributed by atoms with Crippen LogP contribution in [0.2, 0.25) is 0 Å². The Hall–Kier alpha value is -2.87. The largest absolute Gasteiger partial charge is 0.391 e. The van der Waals surface area contributed by atoms with Gasteiger partial charge < -0.3 is 15.3 Å². The second-order valence-corrected chi connectivity index (χ2v) is 8.62. The van der Waals surface area contributed by atoms with Gasteiger partial charge in [0, 0.05) is 6.54 Å². The molecule has 1 amide bonds. The SMILES string of the molecule is Cc1ccc(F)cc1[C@H]1CCCN1C(=O)C1=NCc2ncnc(N[C@@H]3CCC[C@H]3O)c21. The standard InChI is InChI=1S/C23H26FN5O2/c1-13-7-8-14(24)10-15(13)18-5-3-9-29(18)23(31)21-20-17(11-25-21)26-12-27-22(20)28-16-4-2-6-19(16)30/h7-8,10,12,16,18-19,30H,2-6,9,11H2,1H3,(H,26,27,28)/t16-,18-,19-/m1/s1. The van der Waals surface area contributed by atoms with Gasteiger partial charge in [-0.1, -0.05) is 6.07 Å². The highest BCUT2D eigenvalue weighted by molar-refractivity contribution is 6.47. The van der Waals surface area contributed by atoms with Crippen molar-refractivity contribution >= 4 is 17.4 Å². The topological polar surface area (TPSA) is 90.7 Å². The van der Waals surface area contributed by atoms with Gasteiger partial charge in [0.1, 0.15) is 23.7 Å².